The lowest BCUT2D eigenvalue weighted by molar-refractivity contribution is 0.0883. The normalized spacial score (nSPS) is 17.2. The lowest BCUT2D eigenvalue weighted by atomic mass is 9.94. The summed E-state index contributed by atoms with van der Waals surface area (Å²) >= 11 is 0. The van der Waals surface area contributed by atoms with E-state index in [1.165, 1.54) is 19.3 Å². The van der Waals surface area contributed by atoms with Crippen LogP contribution >= 0.6 is 0 Å². The molecule has 22 heavy (non-hydrogen) atoms. The lowest BCUT2D eigenvalue weighted by Gasteiger charge is -2.28. The number of benzene rings is 1. The molecule has 1 aromatic rings. The van der Waals surface area contributed by atoms with Crippen LogP contribution in [-0.4, -0.2) is 36.9 Å². The first kappa shape index (κ1) is 17.0. The van der Waals surface area contributed by atoms with Crippen molar-refractivity contribution >= 4 is 5.78 Å². The minimum Gasteiger partial charge on any atom is -0.494 e. The van der Waals surface area contributed by atoms with Crippen LogP contribution in [0.15, 0.2) is 18.2 Å². The van der Waals surface area contributed by atoms with Gasteiger partial charge in [0.05, 0.1) is 6.61 Å². The highest BCUT2D eigenvalue weighted by Crippen LogP contribution is 2.21. The Morgan fingerprint density at radius 3 is 2.64 bits per heavy atom. The molecule has 1 aliphatic heterocycles. The molecule has 0 aliphatic carbocycles. The van der Waals surface area contributed by atoms with E-state index in [9.17, 15) is 4.79 Å². The molecule has 0 radical (unpaired) electrons. The van der Waals surface area contributed by atoms with Gasteiger partial charge in [-0.05, 0) is 63.0 Å². The molecule has 0 saturated carbocycles. The number of likely N-dealkylation sites (tertiary alicyclic amines) is 1. The molecule has 3 heteroatoms. The smallest absolute Gasteiger partial charge is 0.167 e. The predicted octanol–water partition coefficient (Wildman–Crippen LogP) is 4.09. The Labute approximate surface area is 134 Å². The summed E-state index contributed by atoms with van der Waals surface area (Å²) in [7, 11) is 0. The third kappa shape index (κ3) is 4.57. The Kier molecular flexibility index (Phi) is 6.44. The van der Waals surface area contributed by atoms with Gasteiger partial charge >= 0.3 is 0 Å². The van der Waals surface area contributed by atoms with Crippen molar-refractivity contribution in [2.75, 3.05) is 26.2 Å². The van der Waals surface area contributed by atoms with E-state index in [1.807, 2.05) is 25.1 Å². The molecule has 1 unspecified atom stereocenters. The summed E-state index contributed by atoms with van der Waals surface area (Å²) in [5.41, 5.74) is 1.86. The van der Waals surface area contributed by atoms with Gasteiger partial charge in [0, 0.05) is 18.0 Å². The average Bonchev–Trinajstić information content (AvgIpc) is 2.53. The first-order valence-electron chi connectivity index (χ1n) is 8.62. The molecular weight excluding hydrogens is 274 g/mol. The molecule has 1 atom stereocenters. The molecule has 1 aromatic carbocycles. The van der Waals surface area contributed by atoms with Gasteiger partial charge in [-0.25, -0.2) is 0 Å². The minimum absolute atomic E-state index is 0.0548. The Bertz CT molecular complexity index is 492. The Hall–Kier alpha value is -1.35. The zero-order valence-corrected chi connectivity index (χ0v) is 14.2. The van der Waals surface area contributed by atoms with Crippen LogP contribution in [0.25, 0.3) is 0 Å². The van der Waals surface area contributed by atoms with Crippen molar-refractivity contribution < 1.29 is 9.53 Å². The zero-order valence-electron chi connectivity index (χ0n) is 14.2. The number of rotatable bonds is 7. The van der Waals surface area contributed by atoms with Crippen LogP contribution in [0.5, 0.6) is 5.75 Å². The number of nitrogens with zero attached hydrogens (tertiary/aromatic N) is 1. The van der Waals surface area contributed by atoms with Crippen LogP contribution in [0, 0.1) is 12.8 Å². The molecule has 122 valence electrons. The number of hydrogen-bond donors (Lipinski definition) is 0. The van der Waals surface area contributed by atoms with Crippen LogP contribution < -0.4 is 4.74 Å². The van der Waals surface area contributed by atoms with E-state index in [4.69, 9.17) is 4.74 Å². The maximum Gasteiger partial charge on any atom is 0.167 e. The van der Waals surface area contributed by atoms with Crippen molar-refractivity contribution in [1.29, 1.82) is 0 Å². The van der Waals surface area contributed by atoms with Gasteiger partial charge in [-0.2, -0.15) is 0 Å². The van der Waals surface area contributed by atoms with E-state index in [-0.39, 0.29) is 11.7 Å². The van der Waals surface area contributed by atoms with Gasteiger partial charge < -0.3 is 9.64 Å². The first-order valence-corrected chi connectivity index (χ1v) is 8.62. The van der Waals surface area contributed by atoms with Crippen LogP contribution in [0.4, 0.5) is 0 Å². The van der Waals surface area contributed by atoms with E-state index in [0.717, 1.165) is 49.5 Å². The van der Waals surface area contributed by atoms with Crippen molar-refractivity contribution in [3.63, 3.8) is 0 Å². The van der Waals surface area contributed by atoms with Crippen molar-refractivity contribution in [3.8, 4) is 5.75 Å². The molecule has 0 amide bonds. The van der Waals surface area contributed by atoms with Gasteiger partial charge in [-0.15, -0.1) is 0 Å². The molecule has 0 N–H and O–H groups in total. The average molecular weight is 303 g/mol. The maximum absolute atomic E-state index is 12.7. The van der Waals surface area contributed by atoms with Gasteiger partial charge in [0.25, 0.3) is 0 Å². The van der Waals surface area contributed by atoms with Crippen molar-refractivity contribution in [2.24, 2.45) is 5.92 Å². The summed E-state index contributed by atoms with van der Waals surface area (Å²) in [5.74, 6) is 1.17. The fraction of sp³-hybridized carbons (Fsp3) is 0.632. The van der Waals surface area contributed by atoms with E-state index in [0.29, 0.717) is 0 Å². The van der Waals surface area contributed by atoms with E-state index < -0.39 is 0 Å². The monoisotopic (exact) mass is 303 g/mol. The second-order valence-corrected chi connectivity index (χ2v) is 6.45. The molecule has 0 aromatic heterocycles. The highest BCUT2D eigenvalue weighted by Gasteiger charge is 2.21. The number of ketones is 1. The quantitative estimate of drug-likeness (QED) is 0.711. The van der Waals surface area contributed by atoms with Crippen LogP contribution in [0.1, 0.15) is 55.5 Å². The highest BCUT2D eigenvalue weighted by molar-refractivity contribution is 5.99. The molecule has 2 rings (SSSR count). The fourth-order valence-corrected chi connectivity index (χ4v) is 3.10. The Balaban J connectivity index is 1.98. The first-order chi connectivity index (χ1) is 10.6. The summed E-state index contributed by atoms with van der Waals surface area (Å²) in [6.07, 6.45) is 4.86. The third-order valence-corrected chi connectivity index (χ3v) is 4.36. The number of aryl methyl sites for hydroxylation is 1. The van der Waals surface area contributed by atoms with E-state index in [2.05, 4.69) is 18.7 Å². The zero-order chi connectivity index (χ0) is 15.9. The van der Waals surface area contributed by atoms with E-state index in [1.54, 1.807) is 0 Å². The van der Waals surface area contributed by atoms with Crippen molar-refractivity contribution in [3.05, 3.63) is 29.3 Å². The van der Waals surface area contributed by atoms with Crippen molar-refractivity contribution in [1.82, 2.24) is 4.90 Å². The topological polar surface area (TPSA) is 29.5 Å². The molecule has 1 aliphatic rings. The highest BCUT2D eigenvalue weighted by atomic mass is 16.5. The second-order valence-electron chi connectivity index (χ2n) is 6.45. The summed E-state index contributed by atoms with van der Waals surface area (Å²) in [4.78, 5) is 15.1. The standard InChI is InChI=1S/C19H29NO2/c1-4-12-22-17-8-9-18(15(2)13-17)19(21)16(3)14-20-10-6-5-7-11-20/h8-9,13,16H,4-7,10-12,14H2,1-3H3. The summed E-state index contributed by atoms with van der Waals surface area (Å²) < 4.78 is 5.63. The van der Waals surface area contributed by atoms with Crippen LogP contribution in [0.2, 0.25) is 0 Å². The Morgan fingerprint density at radius 2 is 2.00 bits per heavy atom. The third-order valence-electron chi connectivity index (χ3n) is 4.36. The Morgan fingerprint density at radius 1 is 1.27 bits per heavy atom. The van der Waals surface area contributed by atoms with Crippen LogP contribution in [-0.2, 0) is 0 Å². The number of ether oxygens (including phenoxy) is 1. The van der Waals surface area contributed by atoms with Crippen molar-refractivity contribution in [2.45, 2.75) is 46.5 Å². The van der Waals surface area contributed by atoms with Gasteiger partial charge in [0.2, 0.25) is 0 Å². The second kappa shape index (κ2) is 8.33. The summed E-state index contributed by atoms with van der Waals surface area (Å²) in [6.45, 7) is 10.0. The molecule has 1 fully saturated rings. The lowest BCUT2D eigenvalue weighted by Crippen LogP contribution is -2.35. The molecule has 3 nitrogen and oxygen atoms in total. The largest absolute Gasteiger partial charge is 0.494 e. The van der Waals surface area contributed by atoms with Gasteiger partial charge in [-0.3, -0.25) is 4.79 Å². The predicted molar refractivity (Wildman–Crippen MR) is 90.8 cm³/mol. The molecule has 1 saturated heterocycles. The number of carbonyl (C=O) groups is 1. The molecule has 0 bridgehead atoms. The summed E-state index contributed by atoms with van der Waals surface area (Å²) in [5, 5.41) is 0. The van der Waals surface area contributed by atoms with Crippen LogP contribution in [0.3, 0.4) is 0 Å². The molecule has 1 heterocycles. The SMILES string of the molecule is CCCOc1ccc(C(=O)C(C)CN2CCCCC2)c(C)c1. The molecular formula is C19H29NO2. The minimum atomic E-state index is 0.0548. The number of piperidine rings is 1. The number of Topliss-reactive ketones (excluding diaryl/α,β-unsaturated/α-hetero) is 1. The maximum atomic E-state index is 12.7. The van der Waals surface area contributed by atoms with Gasteiger partial charge in [-0.1, -0.05) is 20.3 Å². The fourth-order valence-electron chi connectivity index (χ4n) is 3.10. The van der Waals surface area contributed by atoms with Gasteiger partial charge in [0.1, 0.15) is 5.75 Å². The molecule has 0 spiro atoms. The van der Waals surface area contributed by atoms with Gasteiger partial charge in [0.15, 0.2) is 5.78 Å². The number of hydrogen-bond acceptors (Lipinski definition) is 3. The van der Waals surface area contributed by atoms with E-state index >= 15 is 0 Å². The summed E-state index contributed by atoms with van der Waals surface area (Å²) in [6, 6.07) is 5.83. The number of carbonyl (C=O) groups excluding carboxylic acids is 1.